The van der Waals surface area contributed by atoms with E-state index in [1.54, 1.807) is 24.3 Å². The third-order valence-corrected chi connectivity index (χ3v) is 5.61. The first kappa shape index (κ1) is 13.9. The Balaban J connectivity index is 2.41. The van der Waals surface area contributed by atoms with Gasteiger partial charge >= 0.3 is 0 Å². The highest BCUT2D eigenvalue weighted by atomic mass is 32.2. The van der Waals surface area contributed by atoms with E-state index < -0.39 is 10.0 Å². The van der Waals surface area contributed by atoms with Crippen molar-refractivity contribution in [1.29, 1.82) is 0 Å². The minimum absolute atomic E-state index is 0.320. The topological polar surface area (TPSA) is 72.2 Å². The van der Waals surface area contributed by atoms with E-state index in [1.807, 2.05) is 20.8 Å². The summed E-state index contributed by atoms with van der Waals surface area (Å²) in [6.07, 6.45) is 0. The summed E-state index contributed by atoms with van der Waals surface area (Å²) in [6.45, 7) is 5.55. The fourth-order valence-corrected chi connectivity index (χ4v) is 4.39. The predicted octanol–water partition coefficient (Wildman–Crippen LogP) is 3.06. The molecule has 4 nitrogen and oxygen atoms in total. The van der Waals surface area contributed by atoms with Crippen LogP contribution in [-0.4, -0.2) is 8.42 Å². The summed E-state index contributed by atoms with van der Waals surface area (Å²) in [5.41, 5.74) is 8.59. The maximum absolute atomic E-state index is 12.3. The number of nitrogens with two attached hydrogens (primary N) is 1. The van der Waals surface area contributed by atoms with Gasteiger partial charge in [-0.05, 0) is 56.2 Å². The van der Waals surface area contributed by atoms with Crippen molar-refractivity contribution in [3.63, 3.8) is 0 Å². The van der Waals surface area contributed by atoms with Crippen LogP contribution in [0.5, 0.6) is 0 Å². The highest BCUT2D eigenvalue weighted by Gasteiger charge is 2.18. The van der Waals surface area contributed by atoms with Gasteiger partial charge in [0.2, 0.25) is 0 Å². The number of rotatable bonds is 3. The van der Waals surface area contributed by atoms with Crippen molar-refractivity contribution in [2.24, 2.45) is 0 Å². The summed E-state index contributed by atoms with van der Waals surface area (Å²) in [6, 6.07) is 6.92. The molecule has 0 aliphatic carbocycles. The summed E-state index contributed by atoms with van der Waals surface area (Å²) in [5, 5.41) is 0. The molecule has 0 fully saturated rings. The zero-order chi connectivity index (χ0) is 14.2. The SMILES string of the molecule is Cc1ccc(S(=O)(=O)Nc2c(C)cc(N)cc2C)s1. The monoisotopic (exact) mass is 296 g/mol. The van der Waals surface area contributed by atoms with Crippen LogP contribution in [0, 0.1) is 20.8 Å². The van der Waals surface area contributed by atoms with E-state index >= 15 is 0 Å². The Morgan fingerprint density at radius 1 is 1.11 bits per heavy atom. The number of benzene rings is 1. The Labute approximate surface area is 117 Å². The zero-order valence-electron chi connectivity index (χ0n) is 11.0. The largest absolute Gasteiger partial charge is 0.399 e. The first-order valence-electron chi connectivity index (χ1n) is 5.75. The molecule has 19 heavy (non-hydrogen) atoms. The zero-order valence-corrected chi connectivity index (χ0v) is 12.7. The van der Waals surface area contributed by atoms with Crippen molar-refractivity contribution < 1.29 is 8.42 Å². The average Bonchev–Trinajstić information content (AvgIpc) is 2.71. The Kier molecular flexibility index (Phi) is 3.56. The number of hydrogen-bond donors (Lipinski definition) is 2. The summed E-state index contributed by atoms with van der Waals surface area (Å²) in [4.78, 5) is 0.964. The number of nitrogens with one attached hydrogen (secondary N) is 1. The molecule has 0 aliphatic heterocycles. The molecule has 3 N–H and O–H groups in total. The molecule has 1 heterocycles. The van der Waals surface area contributed by atoms with Crippen molar-refractivity contribution in [2.45, 2.75) is 25.0 Å². The molecule has 2 aromatic rings. The van der Waals surface area contributed by atoms with Gasteiger partial charge in [-0.3, -0.25) is 4.72 Å². The van der Waals surface area contributed by atoms with E-state index in [0.717, 1.165) is 16.0 Å². The molecule has 0 aliphatic rings. The van der Waals surface area contributed by atoms with E-state index in [9.17, 15) is 8.42 Å². The van der Waals surface area contributed by atoms with Gasteiger partial charge in [-0.25, -0.2) is 8.42 Å². The lowest BCUT2D eigenvalue weighted by Gasteiger charge is -2.13. The molecule has 1 aromatic heterocycles. The molecule has 6 heteroatoms. The summed E-state index contributed by atoms with van der Waals surface area (Å²) in [5.74, 6) is 0. The normalized spacial score (nSPS) is 11.5. The van der Waals surface area contributed by atoms with Gasteiger partial charge in [0, 0.05) is 10.6 Å². The highest BCUT2D eigenvalue weighted by Crippen LogP contribution is 2.28. The van der Waals surface area contributed by atoms with E-state index in [4.69, 9.17) is 5.73 Å². The molecule has 0 spiro atoms. The predicted molar refractivity (Wildman–Crippen MR) is 80.2 cm³/mol. The van der Waals surface area contributed by atoms with Crippen molar-refractivity contribution in [2.75, 3.05) is 10.5 Å². The molecular formula is C13H16N2O2S2. The lowest BCUT2D eigenvalue weighted by Crippen LogP contribution is -2.13. The number of aryl methyl sites for hydroxylation is 3. The standard InChI is InChI=1S/C13H16N2O2S2/c1-8-6-11(14)7-9(2)13(8)15-19(16,17)12-5-4-10(3)18-12/h4-7,15H,14H2,1-3H3. The quantitative estimate of drug-likeness (QED) is 0.855. The summed E-state index contributed by atoms with van der Waals surface area (Å²) in [7, 11) is -3.52. The molecular weight excluding hydrogens is 280 g/mol. The van der Waals surface area contributed by atoms with Crippen molar-refractivity contribution in [3.05, 3.63) is 40.3 Å². The van der Waals surface area contributed by atoms with Gasteiger partial charge < -0.3 is 5.73 Å². The van der Waals surface area contributed by atoms with Crippen LogP contribution >= 0.6 is 11.3 Å². The number of hydrogen-bond acceptors (Lipinski definition) is 4. The van der Waals surface area contributed by atoms with E-state index in [1.165, 1.54) is 11.3 Å². The molecule has 0 saturated carbocycles. The lowest BCUT2D eigenvalue weighted by molar-refractivity contribution is 0.603. The molecule has 1 aromatic carbocycles. The Morgan fingerprint density at radius 3 is 2.16 bits per heavy atom. The Morgan fingerprint density at radius 2 is 1.68 bits per heavy atom. The van der Waals surface area contributed by atoms with Crippen LogP contribution in [0.3, 0.4) is 0 Å². The van der Waals surface area contributed by atoms with E-state index in [0.29, 0.717) is 15.6 Å². The molecule has 0 saturated heterocycles. The second kappa shape index (κ2) is 4.86. The number of sulfonamides is 1. The van der Waals surface area contributed by atoms with Gasteiger partial charge in [0.1, 0.15) is 4.21 Å². The van der Waals surface area contributed by atoms with Crippen LogP contribution in [-0.2, 0) is 10.0 Å². The molecule has 2 rings (SSSR count). The fraction of sp³-hybridized carbons (Fsp3) is 0.231. The molecule has 102 valence electrons. The molecule has 0 amide bonds. The minimum atomic E-state index is -3.52. The van der Waals surface area contributed by atoms with Crippen LogP contribution in [0.25, 0.3) is 0 Å². The molecule has 0 atom stereocenters. The lowest BCUT2D eigenvalue weighted by atomic mass is 10.1. The van der Waals surface area contributed by atoms with Crippen molar-refractivity contribution in [3.8, 4) is 0 Å². The van der Waals surface area contributed by atoms with Crippen LogP contribution in [0.2, 0.25) is 0 Å². The van der Waals surface area contributed by atoms with Gasteiger partial charge in [0.25, 0.3) is 10.0 Å². The van der Waals surface area contributed by atoms with Gasteiger partial charge in [-0.15, -0.1) is 11.3 Å². The second-order valence-corrected chi connectivity index (χ2v) is 7.70. The second-order valence-electron chi connectivity index (χ2n) is 4.50. The smallest absolute Gasteiger partial charge is 0.271 e. The fourth-order valence-electron chi connectivity index (χ4n) is 1.90. The number of nitrogen functional groups attached to an aromatic ring is 1. The van der Waals surface area contributed by atoms with Crippen molar-refractivity contribution >= 4 is 32.7 Å². The number of anilines is 2. The molecule has 0 bridgehead atoms. The summed E-state index contributed by atoms with van der Waals surface area (Å²) >= 11 is 1.25. The van der Waals surface area contributed by atoms with Gasteiger partial charge in [-0.2, -0.15) is 0 Å². The van der Waals surface area contributed by atoms with Crippen LogP contribution in [0.15, 0.2) is 28.5 Å². The van der Waals surface area contributed by atoms with Crippen LogP contribution < -0.4 is 10.5 Å². The maximum atomic E-state index is 12.3. The Bertz CT molecular complexity index is 695. The van der Waals surface area contributed by atoms with Crippen LogP contribution in [0.4, 0.5) is 11.4 Å². The first-order valence-corrected chi connectivity index (χ1v) is 8.05. The van der Waals surface area contributed by atoms with E-state index in [2.05, 4.69) is 4.72 Å². The Hall–Kier alpha value is -1.53. The highest BCUT2D eigenvalue weighted by molar-refractivity contribution is 7.94. The first-order chi connectivity index (χ1) is 8.79. The minimum Gasteiger partial charge on any atom is -0.399 e. The van der Waals surface area contributed by atoms with Crippen LogP contribution in [0.1, 0.15) is 16.0 Å². The van der Waals surface area contributed by atoms with Crippen molar-refractivity contribution in [1.82, 2.24) is 0 Å². The van der Waals surface area contributed by atoms with E-state index in [-0.39, 0.29) is 0 Å². The average molecular weight is 296 g/mol. The number of thiophene rings is 1. The van der Waals surface area contributed by atoms with Gasteiger partial charge in [-0.1, -0.05) is 0 Å². The third-order valence-electron chi connectivity index (χ3n) is 2.77. The maximum Gasteiger partial charge on any atom is 0.271 e. The van der Waals surface area contributed by atoms with Gasteiger partial charge in [0.05, 0.1) is 5.69 Å². The molecule has 0 unspecified atom stereocenters. The molecule has 0 radical (unpaired) electrons. The third kappa shape index (κ3) is 2.90. The van der Waals surface area contributed by atoms with Gasteiger partial charge in [0.15, 0.2) is 0 Å². The summed E-state index contributed by atoms with van der Waals surface area (Å²) < 4.78 is 27.5.